The lowest BCUT2D eigenvalue weighted by atomic mass is 9.89. The molecule has 2 aromatic rings. The molecule has 0 saturated heterocycles. The molecule has 1 heterocycles. The SMILES string of the molecule is COc1ccc(F)cc1CC(=O)N1Cc2ccccc2C(C(=O)O)C1. The van der Waals surface area contributed by atoms with Crippen molar-refractivity contribution in [3.05, 3.63) is 65.0 Å². The van der Waals surface area contributed by atoms with Crippen LogP contribution in [0.3, 0.4) is 0 Å². The van der Waals surface area contributed by atoms with Gasteiger partial charge in [-0.2, -0.15) is 0 Å². The van der Waals surface area contributed by atoms with Crippen LogP contribution in [0.4, 0.5) is 4.39 Å². The second-order valence-electron chi connectivity index (χ2n) is 6.00. The highest BCUT2D eigenvalue weighted by molar-refractivity contribution is 5.83. The molecule has 130 valence electrons. The number of carbonyl (C=O) groups is 2. The number of carboxylic acids is 1. The molecule has 1 atom stereocenters. The van der Waals surface area contributed by atoms with E-state index < -0.39 is 17.7 Å². The number of carboxylic acid groups (broad SMARTS) is 1. The molecule has 1 aliphatic heterocycles. The summed E-state index contributed by atoms with van der Waals surface area (Å²) in [6.07, 6.45) is -0.0462. The number of benzene rings is 2. The van der Waals surface area contributed by atoms with Gasteiger partial charge in [0.2, 0.25) is 5.91 Å². The molecule has 5 nitrogen and oxygen atoms in total. The molecular formula is C19H18FNO4. The van der Waals surface area contributed by atoms with Gasteiger partial charge in [0.25, 0.3) is 0 Å². The number of hydrogen-bond acceptors (Lipinski definition) is 3. The van der Waals surface area contributed by atoms with Crippen LogP contribution in [-0.2, 0) is 22.6 Å². The van der Waals surface area contributed by atoms with E-state index >= 15 is 0 Å². The van der Waals surface area contributed by atoms with E-state index in [1.165, 1.54) is 30.2 Å². The van der Waals surface area contributed by atoms with Gasteiger partial charge in [0.1, 0.15) is 11.6 Å². The van der Waals surface area contributed by atoms with E-state index in [-0.39, 0.29) is 18.9 Å². The minimum Gasteiger partial charge on any atom is -0.496 e. The molecule has 1 N–H and O–H groups in total. The zero-order valence-electron chi connectivity index (χ0n) is 13.7. The summed E-state index contributed by atoms with van der Waals surface area (Å²) in [4.78, 5) is 25.8. The fourth-order valence-corrected chi connectivity index (χ4v) is 3.17. The standard InChI is InChI=1S/C19H18FNO4/c1-25-17-7-6-14(20)8-13(17)9-18(22)21-10-12-4-2-3-5-15(12)16(11-21)19(23)24/h2-8,16H,9-11H2,1H3,(H,23,24). The smallest absolute Gasteiger partial charge is 0.312 e. The summed E-state index contributed by atoms with van der Waals surface area (Å²) in [6, 6.07) is 11.2. The van der Waals surface area contributed by atoms with Crippen LogP contribution in [-0.4, -0.2) is 35.5 Å². The van der Waals surface area contributed by atoms with Gasteiger partial charge in [-0.1, -0.05) is 24.3 Å². The van der Waals surface area contributed by atoms with Crippen LogP contribution in [0.25, 0.3) is 0 Å². The summed E-state index contributed by atoms with van der Waals surface area (Å²) in [7, 11) is 1.46. The maximum Gasteiger partial charge on any atom is 0.312 e. The van der Waals surface area contributed by atoms with Crippen LogP contribution in [0.15, 0.2) is 42.5 Å². The number of aliphatic carboxylic acids is 1. The normalized spacial score (nSPS) is 16.2. The Bertz CT molecular complexity index is 821. The second kappa shape index (κ2) is 6.93. The molecule has 1 amide bonds. The Kier molecular flexibility index (Phi) is 4.70. The molecule has 6 heteroatoms. The minimum atomic E-state index is -0.965. The second-order valence-corrected chi connectivity index (χ2v) is 6.00. The summed E-state index contributed by atoms with van der Waals surface area (Å²) < 4.78 is 18.7. The average Bonchev–Trinajstić information content (AvgIpc) is 2.60. The lowest BCUT2D eigenvalue weighted by molar-refractivity contribution is -0.141. The van der Waals surface area contributed by atoms with Crippen molar-refractivity contribution in [1.82, 2.24) is 4.90 Å². The molecule has 25 heavy (non-hydrogen) atoms. The van der Waals surface area contributed by atoms with E-state index in [1.807, 2.05) is 12.1 Å². The first-order valence-corrected chi connectivity index (χ1v) is 7.90. The number of carbonyl (C=O) groups excluding carboxylic acids is 1. The number of methoxy groups -OCH3 is 1. The van der Waals surface area contributed by atoms with Gasteiger partial charge in [-0.3, -0.25) is 9.59 Å². The zero-order valence-corrected chi connectivity index (χ0v) is 13.7. The molecule has 0 aromatic heterocycles. The Morgan fingerprint density at radius 3 is 2.76 bits per heavy atom. The van der Waals surface area contributed by atoms with Crippen molar-refractivity contribution in [3.8, 4) is 5.75 Å². The molecule has 0 saturated carbocycles. The summed E-state index contributed by atoms with van der Waals surface area (Å²) >= 11 is 0. The number of rotatable bonds is 4. The first-order chi connectivity index (χ1) is 12.0. The Labute approximate surface area is 144 Å². The topological polar surface area (TPSA) is 66.8 Å². The quantitative estimate of drug-likeness (QED) is 0.927. The highest BCUT2D eigenvalue weighted by Crippen LogP contribution is 2.29. The molecule has 3 rings (SSSR count). The van der Waals surface area contributed by atoms with Crippen LogP contribution in [0, 0.1) is 5.82 Å². The van der Waals surface area contributed by atoms with E-state index in [0.717, 1.165) is 11.1 Å². The van der Waals surface area contributed by atoms with E-state index in [0.29, 0.717) is 17.9 Å². The van der Waals surface area contributed by atoms with Crippen LogP contribution >= 0.6 is 0 Å². The maximum atomic E-state index is 13.5. The molecule has 0 spiro atoms. The van der Waals surface area contributed by atoms with Gasteiger partial charge >= 0.3 is 5.97 Å². The van der Waals surface area contributed by atoms with Crippen molar-refractivity contribution < 1.29 is 23.8 Å². The summed E-state index contributed by atoms with van der Waals surface area (Å²) in [5.41, 5.74) is 2.00. The summed E-state index contributed by atoms with van der Waals surface area (Å²) in [5, 5.41) is 9.49. The van der Waals surface area contributed by atoms with Gasteiger partial charge in [0.05, 0.1) is 19.4 Å². The molecule has 0 fully saturated rings. The van der Waals surface area contributed by atoms with Crippen LogP contribution in [0.2, 0.25) is 0 Å². The Balaban J connectivity index is 1.84. The number of hydrogen-bond donors (Lipinski definition) is 1. The number of nitrogens with zero attached hydrogens (tertiary/aromatic N) is 1. The van der Waals surface area contributed by atoms with Crippen LogP contribution in [0.5, 0.6) is 5.75 Å². The van der Waals surface area contributed by atoms with E-state index in [1.54, 1.807) is 12.1 Å². The van der Waals surface area contributed by atoms with Crippen LogP contribution in [0.1, 0.15) is 22.6 Å². The van der Waals surface area contributed by atoms with Gasteiger partial charge in [-0.05, 0) is 29.3 Å². The summed E-state index contributed by atoms with van der Waals surface area (Å²) in [6.45, 7) is 0.444. The van der Waals surface area contributed by atoms with Crippen molar-refractivity contribution in [2.45, 2.75) is 18.9 Å². The van der Waals surface area contributed by atoms with Gasteiger partial charge in [0.15, 0.2) is 0 Å². The van der Waals surface area contributed by atoms with Crippen molar-refractivity contribution in [2.24, 2.45) is 0 Å². The predicted octanol–water partition coefficient (Wildman–Crippen LogP) is 2.59. The fourth-order valence-electron chi connectivity index (χ4n) is 3.17. The third-order valence-electron chi connectivity index (χ3n) is 4.43. The Hall–Kier alpha value is -2.89. The van der Waals surface area contributed by atoms with E-state index in [4.69, 9.17) is 4.74 Å². The number of halogens is 1. The third-order valence-corrected chi connectivity index (χ3v) is 4.43. The highest BCUT2D eigenvalue weighted by atomic mass is 19.1. The fraction of sp³-hybridized carbons (Fsp3) is 0.263. The third kappa shape index (κ3) is 3.47. The molecule has 1 aliphatic rings. The van der Waals surface area contributed by atoms with Crippen molar-refractivity contribution in [1.29, 1.82) is 0 Å². The zero-order chi connectivity index (χ0) is 18.0. The predicted molar refractivity (Wildman–Crippen MR) is 88.9 cm³/mol. The maximum absolute atomic E-state index is 13.5. The summed E-state index contributed by atoms with van der Waals surface area (Å²) in [5.74, 6) is -2.00. The van der Waals surface area contributed by atoms with Crippen molar-refractivity contribution in [3.63, 3.8) is 0 Å². The lowest BCUT2D eigenvalue weighted by Crippen LogP contribution is -2.41. The van der Waals surface area contributed by atoms with Crippen molar-refractivity contribution in [2.75, 3.05) is 13.7 Å². The molecule has 0 radical (unpaired) electrons. The number of amides is 1. The van der Waals surface area contributed by atoms with E-state index in [9.17, 15) is 19.1 Å². The van der Waals surface area contributed by atoms with E-state index in [2.05, 4.69) is 0 Å². The van der Waals surface area contributed by atoms with Gasteiger partial charge in [-0.25, -0.2) is 4.39 Å². The lowest BCUT2D eigenvalue weighted by Gasteiger charge is -2.33. The molecule has 0 bridgehead atoms. The molecular weight excluding hydrogens is 325 g/mol. The van der Waals surface area contributed by atoms with Gasteiger partial charge < -0.3 is 14.7 Å². The minimum absolute atomic E-state index is 0.0462. The number of fused-ring (bicyclic) bond motifs is 1. The van der Waals surface area contributed by atoms with Gasteiger partial charge in [-0.15, -0.1) is 0 Å². The van der Waals surface area contributed by atoms with Crippen molar-refractivity contribution >= 4 is 11.9 Å². The molecule has 1 unspecified atom stereocenters. The average molecular weight is 343 g/mol. The highest BCUT2D eigenvalue weighted by Gasteiger charge is 2.32. The first-order valence-electron chi connectivity index (χ1n) is 7.90. The largest absolute Gasteiger partial charge is 0.496 e. The first kappa shape index (κ1) is 17.0. The Morgan fingerprint density at radius 2 is 2.04 bits per heavy atom. The molecule has 2 aromatic carbocycles. The number of ether oxygens (including phenoxy) is 1. The Morgan fingerprint density at radius 1 is 1.28 bits per heavy atom. The monoisotopic (exact) mass is 343 g/mol. The van der Waals surface area contributed by atoms with Crippen LogP contribution < -0.4 is 4.74 Å². The molecule has 0 aliphatic carbocycles. The van der Waals surface area contributed by atoms with Gasteiger partial charge in [0, 0.05) is 18.7 Å².